The molecule has 3 atom stereocenters. The van der Waals surface area contributed by atoms with Gasteiger partial charge in [-0.05, 0) is 32.4 Å². The smallest absolute Gasteiger partial charge is 0.277 e. The van der Waals surface area contributed by atoms with Gasteiger partial charge in [0.1, 0.15) is 6.61 Å². The van der Waals surface area contributed by atoms with Crippen molar-refractivity contribution >= 4 is 27.5 Å². The number of fused-ring (bicyclic) bond motifs is 1. The van der Waals surface area contributed by atoms with Crippen molar-refractivity contribution in [1.29, 1.82) is 0 Å². The third-order valence-corrected chi connectivity index (χ3v) is 7.78. The Morgan fingerprint density at radius 3 is 2.77 bits per heavy atom. The van der Waals surface area contributed by atoms with Crippen molar-refractivity contribution in [1.82, 2.24) is 15.1 Å². The first-order valence-corrected chi connectivity index (χ1v) is 12.5. The van der Waals surface area contributed by atoms with Crippen LogP contribution in [0.25, 0.3) is 0 Å². The van der Waals surface area contributed by atoms with E-state index in [2.05, 4.69) is 10.2 Å². The Hall–Kier alpha value is -2.27. The van der Waals surface area contributed by atoms with Crippen LogP contribution in [0.1, 0.15) is 32.3 Å². The zero-order chi connectivity index (χ0) is 21.3. The van der Waals surface area contributed by atoms with Gasteiger partial charge in [-0.2, -0.15) is 0 Å². The number of carbonyl (C=O) groups is 1. The van der Waals surface area contributed by atoms with Crippen LogP contribution in [-0.2, 0) is 14.6 Å². The molecule has 0 saturated carbocycles. The third kappa shape index (κ3) is 4.41. The molecular formula is C19H23N3O6S2. The quantitative estimate of drug-likeness (QED) is 0.607. The summed E-state index contributed by atoms with van der Waals surface area (Å²) < 4.78 is 40.8. The fourth-order valence-corrected chi connectivity index (χ4v) is 6.08. The van der Waals surface area contributed by atoms with E-state index in [1.807, 2.05) is 25.1 Å². The highest BCUT2D eigenvalue weighted by molar-refractivity contribution is 8.00. The molecule has 1 fully saturated rings. The molecule has 4 rings (SSSR count). The molecule has 162 valence electrons. The average Bonchev–Trinajstić information content (AvgIpc) is 3.34. The van der Waals surface area contributed by atoms with E-state index >= 15 is 0 Å². The van der Waals surface area contributed by atoms with Crippen molar-refractivity contribution in [3.8, 4) is 11.5 Å². The third-order valence-electron chi connectivity index (χ3n) is 5.10. The molecule has 1 aromatic carbocycles. The van der Waals surface area contributed by atoms with Crippen LogP contribution in [0, 0.1) is 0 Å². The lowest BCUT2D eigenvalue weighted by Crippen LogP contribution is -2.44. The summed E-state index contributed by atoms with van der Waals surface area (Å²) in [5.74, 6) is 1.56. The van der Waals surface area contributed by atoms with Crippen molar-refractivity contribution in [3.05, 3.63) is 30.2 Å². The Balaban J connectivity index is 1.39. The molecule has 0 spiro atoms. The topological polar surface area (TPSA) is 112 Å². The van der Waals surface area contributed by atoms with Crippen molar-refractivity contribution in [2.75, 3.05) is 24.7 Å². The predicted octanol–water partition coefficient (Wildman–Crippen LogP) is 2.10. The summed E-state index contributed by atoms with van der Waals surface area (Å²) in [6, 6.07) is 7.06. The second-order valence-electron chi connectivity index (χ2n) is 7.21. The fraction of sp³-hybridized carbons (Fsp3) is 0.526. The number of hydrogen-bond acceptors (Lipinski definition) is 9. The number of nitrogens with zero attached hydrogens (tertiary/aromatic N) is 3. The predicted molar refractivity (Wildman–Crippen MR) is 109 cm³/mol. The number of benzene rings is 1. The molecule has 0 radical (unpaired) electrons. The monoisotopic (exact) mass is 453 g/mol. The molecule has 0 N–H and O–H groups in total. The zero-order valence-corrected chi connectivity index (χ0v) is 18.3. The summed E-state index contributed by atoms with van der Waals surface area (Å²) in [6.07, 6.45) is -0.0478. The number of hydrogen-bond donors (Lipinski definition) is 0. The van der Waals surface area contributed by atoms with Gasteiger partial charge in [-0.15, -0.1) is 10.2 Å². The second-order valence-corrected chi connectivity index (χ2v) is 10.7. The molecule has 30 heavy (non-hydrogen) atoms. The Labute approximate surface area is 179 Å². The number of rotatable bonds is 6. The summed E-state index contributed by atoms with van der Waals surface area (Å²) in [5.41, 5.74) is 0. The van der Waals surface area contributed by atoms with Gasteiger partial charge >= 0.3 is 0 Å². The van der Waals surface area contributed by atoms with Gasteiger partial charge in [0.25, 0.3) is 11.1 Å². The molecule has 1 saturated heterocycles. The van der Waals surface area contributed by atoms with Crippen LogP contribution in [0.15, 0.2) is 33.9 Å². The van der Waals surface area contributed by atoms with Gasteiger partial charge in [0.2, 0.25) is 12.0 Å². The first-order chi connectivity index (χ1) is 14.4. The molecule has 2 aliphatic heterocycles. The van der Waals surface area contributed by atoms with Gasteiger partial charge in [0.05, 0.1) is 16.8 Å². The lowest BCUT2D eigenvalue weighted by Gasteiger charge is -2.28. The van der Waals surface area contributed by atoms with Crippen LogP contribution in [0.4, 0.5) is 0 Å². The van der Waals surface area contributed by atoms with E-state index in [0.29, 0.717) is 24.5 Å². The Morgan fingerprint density at radius 2 is 2.07 bits per heavy atom. The number of sulfone groups is 1. The highest BCUT2D eigenvalue weighted by Crippen LogP contribution is 2.36. The molecule has 0 bridgehead atoms. The van der Waals surface area contributed by atoms with Crippen LogP contribution in [0.3, 0.4) is 0 Å². The van der Waals surface area contributed by atoms with Gasteiger partial charge in [-0.3, -0.25) is 4.79 Å². The minimum absolute atomic E-state index is 0.0230. The summed E-state index contributed by atoms with van der Waals surface area (Å²) in [6.45, 7) is 4.30. The molecule has 2 aromatic rings. The van der Waals surface area contributed by atoms with E-state index in [1.165, 1.54) is 0 Å². The van der Waals surface area contributed by atoms with E-state index in [-0.39, 0.29) is 41.2 Å². The van der Waals surface area contributed by atoms with E-state index in [4.69, 9.17) is 13.9 Å². The van der Waals surface area contributed by atoms with Crippen LogP contribution in [0.2, 0.25) is 0 Å². The molecule has 9 nitrogen and oxygen atoms in total. The number of para-hydroxylation sites is 2. The molecule has 2 aliphatic rings. The molecule has 1 amide bonds. The summed E-state index contributed by atoms with van der Waals surface area (Å²) >= 11 is 1.15. The van der Waals surface area contributed by atoms with Gasteiger partial charge in [-0.1, -0.05) is 23.9 Å². The minimum atomic E-state index is -3.07. The minimum Gasteiger partial charge on any atom is -0.485 e. The van der Waals surface area contributed by atoms with Gasteiger partial charge in [0, 0.05) is 12.6 Å². The summed E-state index contributed by atoms with van der Waals surface area (Å²) in [4.78, 5) is 14.5. The van der Waals surface area contributed by atoms with Crippen LogP contribution >= 0.6 is 11.8 Å². The van der Waals surface area contributed by atoms with E-state index < -0.39 is 21.2 Å². The number of amides is 1. The van der Waals surface area contributed by atoms with Crippen molar-refractivity contribution in [3.63, 3.8) is 0 Å². The van der Waals surface area contributed by atoms with E-state index in [0.717, 1.165) is 11.8 Å². The first kappa shape index (κ1) is 21.0. The summed E-state index contributed by atoms with van der Waals surface area (Å²) in [5, 5.41) is 7.82. The fourth-order valence-electron chi connectivity index (χ4n) is 3.59. The molecule has 11 heteroatoms. The zero-order valence-electron chi connectivity index (χ0n) is 16.7. The lowest BCUT2D eigenvalue weighted by atomic mass is 10.2. The standard InChI is InChI=1S/C19H23N3O6S2/c1-3-22(13-8-9-30(24,25)11-13)18(23)12(2)29-19-21-20-17(28-19)16-10-26-14-6-4-5-7-15(14)27-16/h4-7,12-13,16H,3,8-11H2,1-2H3. The van der Waals surface area contributed by atoms with E-state index in [9.17, 15) is 13.2 Å². The number of aromatic nitrogens is 2. The Morgan fingerprint density at radius 1 is 1.30 bits per heavy atom. The van der Waals surface area contributed by atoms with Crippen molar-refractivity contribution in [2.24, 2.45) is 0 Å². The highest BCUT2D eigenvalue weighted by atomic mass is 32.2. The molecular weight excluding hydrogens is 430 g/mol. The average molecular weight is 454 g/mol. The van der Waals surface area contributed by atoms with Crippen LogP contribution in [-0.4, -0.2) is 65.4 Å². The molecule has 3 unspecified atom stereocenters. The molecule has 1 aromatic heterocycles. The number of carbonyl (C=O) groups excluding carboxylic acids is 1. The Kier molecular flexibility index (Phi) is 5.92. The van der Waals surface area contributed by atoms with Crippen LogP contribution in [0.5, 0.6) is 11.5 Å². The Bertz CT molecular complexity index is 1020. The van der Waals surface area contributed by atoms with E-state index in [1.54, 1.807) is 17.9 Å². The van der Waals surface area contributed by atoms with Crippen molar-refractivity contribution < 1.29 is 27.1 Å². The molecule has 3 heterocycles. The SMILES string of the molecule is CCN(C(=O)C(C)Sc1nnc(C2COc3ccccc3O2)o1)C1CCS(=O)(=O)C1. The largest absolute Gasteiger partial charge is 0.485 e. The normalized spacial score (nSPS) is 23.1. The maximum atomic E-state index is 12.9. The van der Waals surface area contributed by atoms with Crippen molar-refractivity contribution in [2.45, 2.75) is 42.9 Å². The highest BCUT2D eigenvalue weighted by Gasteiger charge is 2.36. The lowest BCUT2D eigenvalue weighted by molar-refractivity contribution is -0.131. The maximum absolute atomic E-state index is 12.9. The van der Waals surface area contributed by atoms with Gasteiger partial charge < -0.3 is 18.8 Å². The second kappa shape index (κ2) is 8.46. The van der Waals surface area contributed by atoms with Gasteiger partial charge in [0.15, 0.2) is 21.3 Å². The van der Waals surface area contributed by atoms with Gasteiger partial charge in [-0.25, -0.2) is 8.42 Å². The first-order valence-electron chi connectivity index (χ1n) is 9.75. The molecule has 0 aliphatic carbocycles. The van der Waals surface area contributed by atoms with Crippen LogP contribution < -0.4 is 9.47 Å². The summed E-state index contributed by atoms with van der Waals surface area (Å²) in [7, 11) is -3.07. The number of thioether (sulfide) groups is 1. The number of ether oxygens (including phenoxy) is 2. The maximum Gasteiger partial charge on any atom is 0.277 e.